The molecule has 16 heavy (non-hydrogen) atoms. The van der Waals surface area contributed by atoms with E-state index in [1.54, 1.807) is 6.92 Å². The Bertz CT molecular complexity index is 346. The molecule has 0 fully saturated rings. The summed E-state index contributed by atoms with van der Waals surface area (Å²) in [5, 5.41) is 0. The molecule has 1 aromatic heterocycles. The number of unbranched alkanes of at least 4 members (excludes halogenated alkanes) is 1. The highest BCUT2D eigenvalue weighted by Crippen LogP contribution is 2.19. The predicted molar refractivity (Wildman–Crippen MR) is 57.6 cm³/mol. The highest BCUT2D eigenvalue weighted by Gasteiger charge is 2.18. The Kier molecular flexibility index (Phi) is 4.82. The number of hydrogen-bond acceptors (Lipinski definition) is 5. The molecule has 1 heterocycles. The van der Waals surface area contributed by atoms with Crippen LogP contribution in [-0.2, 0) is 4.74 Å². The van der Waals surface area contributed by atoms with Gasteiger partial charge in [-0.05, 0) is 20.3 Å². The van der Waals surface area contributed by atoms with Crippen molar-refractivity contribution >= 4 is 5.97 Å². The van der Waals surface area contributed by atoms with E-state index in [0.717, 1.165) is 12.8 Å². The van der Waals surface area contributed by atoms with Crippen LogP contribution in [0.4, 0.5) is 0 Å². The Morgan fingerprint density at radius 2 is 2.19 bits per heavy atom. The van der Waals surface area contributed by atoms with Crippen LogP contribution in [0.1, 0.15) is 43.1 Å². The molecule has 0 N–H and O–H groups in total. The number of oxazole rings is 1. The number of esters is 1. The Balaban J connectivity index is 2.58. The zero-order chi connectivity index (χ0) is 12.0. The van der Waals surface area contributed by atoms with Crippen molar-refractivity contribution in [3.05, 3.63) is 11.6 Å². The third-order valence-corrected chi connectivity index (χ3v) is 1.94. The van der Waals surface area contributed by atoms with Crippen LogP contribution in [0.2, 0.25) is 0 Å². The van der Waals surface area contributed by atoms with Crippen molar-refractivity contribution in [3.8, 4) is 5.95 Å². The van der Waals surface area contributed by atoms with E-state index < -0.39 is 5.97 Å². The number of nitrogens with zero attached hydrogens (tertiary/aromatic N) is 1. The van der Waals surface area contributed by atoms with Gasteiger partial charge in [-0.15, -0.1) is 0 Å². The van der Waals surface area contributed by atoms with Gasteiger partial charge in [0.25, 0.3) is 0 Å². The fraction of sp³-hybridized carbons (Fsp3) is 0.636. The fourth-order valence-electron chi connectivity index (χ4n) is 1.11. The number of ether oxygens (including phenoxy) is 2. The first kappa shape index (κ1) is 12.5. The Hall–Kier alpha value is -1.52. The normalized spacial score (nSPS) is 10.2. The van der Waals surface area contributed by atoms with E-state index in [1.165, 1.54) is 0 Å². The summed E-state index contributed by atoms with van der Waals surface area (Å²) in [6.07, 6.45) is 1.81. The molecule has 0 radical (unpaired) electrons. The number of rotatable bonds is 6. The zero-order valence-electron chi connectivity index (χ0n) is 9.91. The minimum absolute atomic E-state index is 0.0444. The molecule has 0 atom stereocenters. The maximum atomic E-state index is 11.5. The largest absolute Gasteiger partial charge is 0.464 e. The van der Waals surface area contributed by atoms with Gasteiger partial charge in [0.1, 0.15) is 5.69 Å². The summed E-state index contributed by atoms with van der Waals surface area (Å²) in [4.78, 5) is 15.4. The van der Waals surface area contributed by atoms with Crippen LogP contribution in [0.25, 0.3) is 0 Å². The first-order chi connectivity index (χ1) is 7.69. The zero-order valence-corrected chi connectivity index (χ0v) is 9.91. The number of aromatic nitrogens is 1. The highest BCUT2D eigenvalue weighted by atomic mass is 16.6. The van der Waals surface area contributed by atoms with Crippen molar-refractivity contribution in [2.45, 2.75) is 33.6 Å². The Morgan fingerprint density at radius 3 is 2.81 bits per heavy atom. The molecule has 90 valence electrons. The van der Waals surface area contributed by atoms with Gasteiger partial charge in [-0.2, -0.15) is 0 Å². The van der Waals surface area contributed by atoms with E-state index in [9.17, 15) is 4.79 Å². The molecular weight excluding hydrogens is 210 g/mol. The monoisotopic (exact) mass is 227 g/mol. The SMILES string of the molecule is CCCCOC(=O)c1nc(C)c(OCC)o1. The lowest BCUT2D eigenvalue weighted by atomic mass is 10.4. The van der Waals surface area contributed by atoms with E-state index in [-0.39, 0.29) is 11.8 Å². The molecule has 1 aromatic rings. The van der Waals surface area contributed by atoms with E-state index in [4.69, 9.17) is 13.9 Å². The van der Waals surface area contributed by atoms with Crippen LogP contribution in [0.5, 0.6) is 5.95 Å². The highest BCUT2D eigenvalue weighted by molar-refractivity contribution is 5.84. The molecule has 1 rings (SSSR count). The van der Waals surface area contributed by atoms with Crippen molar-refractivity contribution in [1.29, 1.82) is 0 Å². The average Bonchev–Trinajstić information content (AvgIpc) is 2.61. The third-order valence-electron chi connectivity index (χ3n) is 1.94. The number of hydrogen-bond donors (Lipinski definition) is 0. The molecule has 5 nitrogen and oxygen atoms in total. The molecule has 0 aliphatic rings. The van der Waals surface area contributed by atoms with E-state index >= 15 is 0 Å². The predicted octanol–water partition coefficient (Wildman–Crippen LogP) is 2.34. The molecule has 5 heteroatoms. The molecule has 0 aliphatic carbocycles. The van der Waals surface area contributed by atoms with Crippen molar-refractivity contribution in [3.63, 3.8) is 0 Å². The summed E-state index contributed by atoms with van der Waals surface area (Å²) < 4.78 is 15.3. The van der Waals surface area contributed by atoms with E-state index in [0.29, 0.717) is 18.9 Å². The molecule has 0 aliphatic heterocycles. The quantitative estimate of drug-likeness (QED) is 0.551. The summed E-state index contributed by atoms with van der Waals surface area (Å²) in [7, 11) is 0. The number of carbonyl (C=O) groups excluding carboxylic acids is 1. The molecule has 0 unspecified atom stereocenters. The van der Waals surface area contributed by atoms with Crippen molar-refractivity contribution in [2.75, 3.05) is 13.2 Å². The van der Waals surface area contributed by atoms with Crippen LogP contribution in [-0.4, -0.2) is 24.2 Å². The van der Waals surface area contributed by atoms with E-state index in [2.05, 4.69) is 4.98 Å². The summed E-state index contributed by atoms with van der Waals surface area (Å²) in [5.74, 6) is -0.301. The van der Waals surface area contributed by atoms with Gasteiger partial charge in [0.2, 0.25) is 0 Å². The van der Waals surface area contributed by atoms with Gasteiger partial charge in [0.15, 0.2) is 0 Å². The lowest BCUT2D eigenvalue weighted by molar-refractivity contribution is 0.0446. The van der Waals surface area contributed by atoms with Crippen molar-refractivity contribution in [2.24, 2.45) is 0 Å². The van der Waals surface area contributed by atoms with Gasteiger partial charge in [-0.3, -0.25) is 0 Å². The van der Waals surface area contributed by atoms with Gasteiger partial charge in [-0.25, -0.2) is 9.78 Å². The minimum Gasteiger partial charge on any atom is -0.464 e. The van der Waals surface area contributed by atoms with Gasteiger partial charge in [0, 0.05) is 0 Å². The molecule has 0 amide bonds. The standard InChI is InChI=1S/C11H17NO4/c1-4-6-7-15-10(13)9-12-8(3)11(16-9)14-5-2/h4-7H2,1-3H3. The lowest BCUT2D eigenvalue weighted by Gasteiger charge is -1.99. The second-order valence-electron chi connectivity index (χ2n) is 3.31. The van der Waals surface area contributed by atoms with Crippen LogP contribution in [0.3, 0.4) is 0 Å². The van der Waals surface area contributed by atoms with Gasteiger partial charge in [0.05, 0.1) is 13.2 Å². The number of aryl methyl sites for hydroxylation is 1. The first-order valence-corrected chi connectivity index (χ1v) is 5.46. The van der Waals surface area contributed by atoms with Gasteiger partial charge < -0.3 is 13.9 Å². The molecule has 0 bridgehead atoms. The molecular formula is C11H17NO4. The Labute approximate surface area is 94.8 Å². The van der Waals surface area contributed by atoms with Crippen LogP contribution in [0, 0.1) is 6.92 Å². The minimum atomic E-state index is -0.539. The Morgan fingerprint density at radius 1 is 1.44 bits per heavy atom. The van der Waals surface area contributed by atoms with Crippen molar-refractivity contribution < 1.29 is 18.7 Å². The maximum absolute atomic E-state index is 11.5. The molecule has 0 aromatic carbocycles. The summed E-state index contributed by atoms with van der Waals surface area (Å²) >= 11 is 0. The maximum Gasteiger partial charge on any atom is 0.394 e. The number of carbonyl (C=O) groups is 1. The van der Waals surface area contributed by atoms with Crippen molar-refractivity contribution in [1.82, 2.24) is 4.98 Å². The molecule has 0 saturated heterocycles. The lowest BCUT2D eigenvalue weighted by Crippen LogP contribution is -2.06. The molecule has 0 spiro atoms. The van der Waals surface area contributed by atoms with Crippen LogP contribution >= 0.6 is 0 Å². The molecule has 0 saturated carbocycles. The second-order valence-corrected chi connectivity index (χ2v) is 3.31. The topological polar surface area (TPSA) is 61.6 Å². The van der Waals surface area contributed by atoms with Crippen LogP contribution in [0.15, 0.2) is 4.42 Å². The van der Waals surface area contributed by atoms with Gasteiger partial charge >= 0.3 is 17.8 Å². The first-order valence-electron chi connectivity index (χ1n) is 5.46. The second kappa shape index (κ2) is 6.15. The summed E-state index contributed by atoms with van der Waals surface area (Å²) in [5.41, 5.74) is 0.560. The van der Waals surface area contributed by atoms with E-state index in [1.807, 2.05) is 13.8 Å². The average molecular weight is 227 g/mol. The summed E-state index contributed by atoms with van der Waals surface area (Å²) in [6, 6.07) is 0. The van der Waals surface area contributed by atoms with Gasteiger partial charge in [-0.1, -0.05) is 13.3 Å². The fourth-order valence-corrected chi connectivity index (χ4v) is 1.11. The third kappa shape index (κ3) is 3.25. The van der Waals surface area contributed by atoms with Crippen LogP contribution < -0.4 is 4.74 Å². The summed E-state index contributed by atoms with van der Waals surface area (Å²) in [6.45, 7) is 6.44. The smallest absolute Gasteiger partial charge is 0.394 e.